The number of benzene rings is 1. The molecule has 0 unspecified atom stereocenters. The largest absolute Gasteiger partial charge is 0.314 e. The predicted molar refractivity (Wildman–Crippen MR) is 69.9 cm³/mol. The fourth-order valence-electron chi connectivity index (χ4n) is 1.94. The second kappa shape index (κ2) is 5.97. The molecule has 7 heteroatoms. The van der Waals surface area contributed by atoms with Gasteiger partial charge in [0.1, 0.15) is 5.82 Å². The minimum atomic E-state index is -3.58. The van der Waals surface area contributed by atoms with Gasteiger partial charge < -0.3 is 5.32 Å². The highest BCUT2D eigenvalue weighted by Crippen LogP contribution is 2.19. The lowest BCUT2D eigenvalue weighted by atomic mass is 10.3. The van der Waals surface area contributed by atoms with Crippen LogP contribution < -0.4 is 5.32 Å². The van der Waals surface area contributed by atoms with Crippen LogP contribution in [-0.2, 0) is 10.0 Å². The number of halogens is 2. The molecule has 0 bridgehead atoms. The van der Waals surface area contributed by atoms with Crippen LogP contribution in [0.1, 0.15) is 6.92 Å². The van der Waals surface area contributed by atoms with Crippen molar-refractivity contribution in [3.8, 4) is 0 Å². The quantitative estimate of drug-likeness (QED) is 0.892. The molecule has 0 aromatic heterocycles. The molecular formula is C11H16ClFN2O2S. The van der Waals surface area contributed by atoms with E-state index in [4.69, 9.17) is 0 Å². The molecule has 1 aromatic carbocycles. The van der Waals surface area contributed by atoms with Crippen LogP contribution in [0.15, 0.2) is 29.2 Å². The third-order valence-electron chi connectivity index (χ3n) is 2.84. The van der Waals surface area contributed by atoms with Crippen molar-refractivity contribution in [2.45, 2.75) is 17.9 Å². The number of rotatable bonds is 2. The van der Waals surface area contributed by atoms with E-state index in [2.05, 4.69) is 5.32 Å². The molecule has 0 spiro atoms. The molecule has 0 radical (unpaired) electrons. The van der Waals surface area contributed by atoms with E-state index in [0.717, 1.165) is 6.07 Å². The molecule has 18 heavy (non-hydrogen) atoms. The average molecular weight is 295 g/mol. The van der Waals surface area contributed by atoms with Gasteiger partial charge in [-0.05, 0) is 25.1 Å². The number of sulfonamides is 1. The first-order valence-electron chi connectivity index (χ1n) is 5.50. The first-order chi connectivity index (χ1) is 8.01. The molecule has 1 aliphatic rings. The Morgan fingerprint density at radius 1 is 1.44 bits per heavy atom. The monoisotopic (exact) mass is 294 g/mol. The van der Waals surface area contributed by atoms with Gasteiger partial charge in [-0.1, -0.05) is 6.07 Å². The molecule has 1 atom stereocenters. The van der Waals surface area contributed by atoms with Gasteiger partial charge >= 0.3 is 0 Å². The van der Waals surface area contributed by atoms with Crippen LogP contribution in [0.3, 0.4) is 0 Å². The number of piperazine rings is 1. The summed E-state index contributed by atoms with van der Waals surface area (Å²) >= 11 is 0. The summed E-state index contributed by atoms with van der Waals surface area (Å²) in [7, 11) is -3.58. The summed E-state index contributed by atoms with van der Waals surface area (Å²) < 4.78 is 39.0. The van der Waals surface area contributed by atoms with E-state index in [9.17, 15) is 12.8 Å². The standard InChI is InChI=1S/C11H15FN2O2S.ClH/c1-9-8-13-5-6-14(9)17(15,16)11-4-2-3-10(12)7-11;/h2-4,7,9,13H,5-6,8H2,1H3;1H/t9-;/m1./s1. The summed E-state index contributed by atoms with van der Waals surface area (Å²) in [6.07, 6.45) is 0. The number of hydrogen-bond donors (Lipinski definition) is 1. The van der Waals surface area contributed by atoms with Crippen molar-refractivity contribution in [3.05, 3.63) is 30.1 Å². The summed E-state index contributed by atoms with van der Waals surface area (Å²) in [6, 6.07) is 5.02. The fraction of sp³-hybridized carbons (Fsp3) is 0.455. The molecule has 1 aromatic rings. The number of nitrogens with zero attached hydrogens (tertiary/aromatic N) is 1. The molecule has 1 saturated heterocycles. The second-order valence-electron chi connectivity index (χ2n) is 4.13. The van der Waals surface area contributed by atoms with E-state index < -0.39 is 15.8 Å². The molecule has 1 N–H and O–H groups in total. The van der Waals surface area contributed by atoms with Crippen molar-refractivity contribution >= 4 is 22.4 Å². The van der Waals surface area contributed by atoms with Crippen molar-refractivity contribution in [1.82, 2.24) is 9.62 Å². The SMILES string of the molecule is C[C@@H]1CNCCN1S(=O)(=O)c1cccc(F)c1.Cl. The van der Waals surface area contributed by atoms with Gasteiger partial charge in [0.05, 0.1) is 4.90 Å². The van der Waals surface area contributed by atoms with E-state index in [-0.39, 0.29) is 23.3 Å². The van der Waals surface area contributed by atoms with Crippen molar-refractivity contribution in [1.29, 1.82) is 0 Å². The van der Waals surface area contributed by atoms with Gasteiger partial charge in [0.25, 0.3) is 0 Å². The lowest BCUT2D eigenvalue weighted by molar-refractivity contribution is 0.284. The highest BCUT2D eigenvalue weighted by Gasteiger charge is 2.30. The Kier molecular flexibility index (Phi) is 5.10. The second-order valence-corrected chi connectivity index (χ2v) is 6.02. The maximum Gasteiger partial charge on any atom is 0.243 e. The molecule has 0 saturated carbocycles. The molecule has 0 aliphatic carbocycles. The average Bonchev–Trinajstić information content (AvgIpc) is 2.29. The third kappa shape index (κ3) is 3.00. The van der Waals surface area contributed by atoms with Crippen LogP contribution >= 0.6 is 12.4 Å². The number of hydrogen-bond acceptors (Lipinski definition) is 3. The maximum absolute atomic E-state index is 13.1. The molecule has 0 amide bonds. The summed E-state index contributed by atoms with van der Waals surface area (Å²) in [5, 5.41) is 3.12. The predicted octanol–water partition coefficient (Wildman–Crippen LogP) is 1.23. The van der Waals surface area contributed by atoms with Crippen LogP contribution in [0, 0.1) is 5.82 Å². The van der Waals surface area contributed by atoms with Crippen LogP contribution in [0.4, 0.5) is 4.39 Å². The first-order valence-corrected chi connectivity index (χ1v) is 6.94. The van der Waals surface area contributed by atoms with Gasteiger partial charge in [-0.2, -0.15) is 4.31 Å². The van der Waals surface area contributed by atoms with Crippen LogP contribution in [0.2, 0.25) is 0 Å². The Morgan fingerprint density at radius 2 is 2.17 bits per heavy atom. The summed E-state index contributed by atoms with van der Waals surface area (Å²) in [4.78, 5) is 0.0197. The zero-order valence-electron chi connectivity index (χ0n) is 9.97. The van der Waals surface area contributed by atoms with Gasteiger partial charge in [0.2, 0.25) is 10.0 Å². The lowest BCUT2D eigenvalue weighted by Crippen LogP contribution is -2.52. The zero-order valence-corrected chi connectivity index (χ0v) is 11.6. The van der Waals surface area contributed by atoms with Gasteiger partial charge in [-0.3, -0.25) is 0 Å². The first kappa shape index (κ1) is 15.4. The number of nitrogens with one attached hydrogen (secondary N) is 1. The van der Waals surface area contributed by atoms with E-state index >= 15 is 0 Å². The lowest BCUT2D eigenvalue weighted by Gasteiger charge is -2.32. The molecular weight excluding hydrogens is 279 g/mol. The van der Waals surface area contributed by atoms with Crippen molar-refractivity contribution in [2.24, 2.45) is 0 Å². The zero-order chi connectivity index (χ0) is 12.5. The van der Waals surface area contributed by atoms with Crippen molar-refractivity contribution in [2.75, 3.05) is 19.6 Å². The molecule has 4 nitrogen and oxygen atoms in total. The van der Waals surface area contributed by atoms with E-state index in [0.29, 0.717) is 19.6 Å². The van der Waals surface area contributed by atoms with Crippen molar-refractivity contribution < 1.29 is 12.8 Å². The molecule has 1 heterocycles. The van der Waals surface area contributed by atoms with Gasteiger partial charge in [-0.15, -0.1) is 12.4 Å². The molecule has 2 rings (SSSR count). The summed E-state index contributed by atoms with van der Waals surface area (Å²) in [6.45, 7) is 3.50. The Labute approximate surface area is 113 Å². The topological polar surface area (TPSA) is 49.4 Å². The van der Waals surface area contributed by atoms with Crippen LogP contribution in [0.25, 0.3) is 0 Å². The molecule has 1 aliphatic heterocycles. The third-order valence-corrected chi connectivity index (χ3v) is 4.85. The van der Waals surface area contributed by atoms with Gasteiger partial charge in [0, 0.05) is 25.7 Å². The Balaban J connectivity index is 0.00000162. The van der Waals surface area contributed by atoms with E-state index in [1.807, 2.05) is 6.92 Å². The highest BCUT2D eigenvalue weighted by molar-refractivity contribution is 7.89. The highest BCUT2D eigenvalue weighted by atomic mass is 35.5. The van der Waals surface area contributed by atoms with E-state index in [1.54, 1.807) is 0 Å². The smallest absolute Gasteiger partial charge is 0.243 e. The molecule has 102 valence electrons. The van der Waals surface area contributed by atoms with Crippen LogP contribution in [0.5, 0.6) is 0 Å². The summed E-state index contributed by atoms with van der Waals surface area (Å²) in [5.41, 5.74) is 0. The fourth-order valence-corrected chi connectivity index (χ4v) is 3.61. The minimum absolute atomic E-state index is 0. The summed E-state index contributed by atoms with van der Waals surface area (Å²) in [5.74, 6) is -0.533. The maximum atomic E-state index is 13.1. The van der Waals surface area contributed by atoms with Gasteiger partial charge in [-0.25, -0.2) is 12.8 Å². The normalized spacial score (nSPS) is 21.3. The Hall–Kier alpha value is -0.690. The minimum Gasteiger partial charge on any atom is -0.314 e. The molecule has 1 fully saturated rings. The Morgan fingerprint density at radius 3 is 2.78 bits per heavy atom. The van der Waals surface area contributed by atoms with E-state index in [1.165, 1.54) is 22.5 Å². The van der Waals surface area contributed by atoms with Crippen molar-refractivity contribution in [3.63, 3.8) is 0 Å². The van der Waals surface area contributed by atoms with Crippen LogP contribution in [-0.4, -0.2) is 38.4 Å². The Bertz CT molecular complexity index is 510. The van der Waals surface area contributed by atoms with Gasteiger partial charge in [0.15, 0.2) is 0 Å².